The monoisotopic (exact) mass is 244 g/mol. The summed E-state index contributed by atoms with van der Waals surface area (Å²) in [5, 5.41) is 8.93. The van der Waals surface area contributed by atoms with Gasteiger partial charge in [0.1, 0.15) is 0 Å². The average molecular weight is 244 g/mol. The van der Waals surface area contributed by atoms with Crippen LogP contribution in [-0.2, 0) is 11.2 Å². The van der Waals surface area contributed by atoms with E-state index in [1.54, 1.807) is 24.7 Å². The van der Waals surface area contributed by atoms with E-state index in [1.807, 2.05) is 12.1 Å². The van der Waals surface area contributed by atoms with E-state index in [-0.39, 0.29) is 6.42 Å². The van der Waals surface area contributed by atoms with Gasteiger partial charge in [-0.15, -0.1) is 0 Å². The Morgan fingerprint density at radius 2 is 2.11 bits per heavy atom. The van der Waals surface area contributed by atoms with Gasteiger partial charge < -0.3 is 9.84 Å². The standard InChI is InChI=1S/C13H12N2O3/c1-18-12-6-10(7-13(16)17)11(8-15-12)9-2-4-14-5-3-9/h2-6,8H,7H2,1H3,(H,16,17). The molecule has 0 aliphatic carbocycles. The number of aliphatic carboxylic acids is 1. The molecule has 0 saturated heterocycles. The number of methoxy groups -OCH3 is 1. The molecule has 92 valence electrons. The Kier molecular flexibility index (Phi) is 3.52. The second-order valence-electron chi connectivity index (χ2n) is 3.69. The number of nitrogens with zero attached hydrogens (tertiary/aromatic N) is 2. The number of hydrogen-bond acceptors (Lipinski definition) is 4. The van der Waals surface area contributed by atoms with Crippen LogP contribution in [0.3, 0.4) is 0 Å². The van der Waals surface area contributed by atoms with Gasteiger partial charge in [-0.2, -0.15) is 0 Å². The van der Waals surface area contributed by atoms with E-state index >= 15 is 0 Å². The molecule has 0 unspecified atom stereocenters. The van der Waals surface area contributed by atoms with Gasteiger partial charge in [0.2, 0.25) is 5.88 Å². The summed E-state index contributed by atoms with van der Waals surface area (Å²) in [6.45, 7) is 0. The lowest BCUT2D eigenvalue weighted by Gasteiger charge is -2.09. The maximum Gasteiger partial charge on any atom is 0.307 e. The third-order valence-electron chi connectivity index (χ3n) is 2.51. The number of ether oxygens (including phenoxy) is 1. The van der Waals surface area contributed by atoms with Crippen molar-refractivity contribution in [2.24, 2.45) is 0 Å². The number of aromatic nitrogens is 2. The Labute approximate surface area is 104 Å². The zero-order valence-corrected chi connectivity index (χ0v) is 9.83. The van der Waals surface area contributed by atoms with Gasteiger partial charge in [-0.05, 0) is 23.3 Å². The molecule has 5 heteroatoms. The van der Waals surface area contributed by atoms with E-state index in [9.17, 15) is 4.79 Å². The molecule has 0 aromatic carbocycles. The largest absolute Gasteiger partial charge is 0.481 e. The van der Waals surface area contributed by atoms with Gasteiger partial charge in [0.05, 0.1) is 13.5 Å². The summed E-state index contributed by atoms with van der Waals surface area (Å²) in [4.78, 5) is 18.9. The summed E-state index contributed by atoms with van der Waals surface area (Å²) in [6, 6.07) is 5.27. The van der Waals surface area contributed by atoms with Crippen LogP contribution in [0.25, 0.3) is 11.1 Å². The molecule has 1 N–H and O–H groups in total. The first kappa shape index (κ1) is 12.0. The number of carboxylic acids is 1. The molecule has 0 saturated carbocycles. The molecule has 0 radical (unpaired) electrons. The molecule has 5 nitrogen and oxygen atoms in total. The molecule has 0 aliphatic heterocycles. The first-order chi connectivity index (χ1) is 8.70. The van der Waals surface area contributed by atoms with Crippen LogP contribution in [0.2, 0.25) is 0 Å². The molecule has 18 heavy (non-hydrogen) atoms. The second kappa shape index (κ2) is 5.27. The summed E-state index contributed by atoms with van der Waals surface area (Å²) >= 11 is 0. The lowest BCUT2D eigenvalue weighted by molar-refractivity contribution is -0.136. The van der Waals surface area contributed by atoms with E-state index in [4.69, 9.17) is 9.84 Å². The number of rotatable bonds is 4. The zero-order valence-electron chi connectivity index (χ0n) is 9.83. The van der Waals surface area contributed by atoms with Crippen molar-refractivity contribution in [3.05, 3.63) is 42.4 Å². The second-order valence-corrected chi connectivity index (χ2v) is 3.69. The van der Waals surface area contributed by atoms with Crippen LogP contribution in [0.5, 0.6) is 5.88 Å². The number of hydrogen-bond donors (Lipinski definition) is 1. The maximum atomic E-state index is 10.9. The summed E-state index contributed by atoms with van der Waals surface area (Å²) in [5.74, 6) is -0.484. The van der Waals surface area contributed by atoms with E-state index < -0.39 is 5.97 Å². The van der Waals surface area contributed by atoms with Crippen LogP contribution in [0.4, 0.5) is 0 Å². The van der Waals surface area contributed by atoms with Gasteiger partial charge in [0.15, 0.2) is 0 Å². The van der Waals surface area contributed by atoms with Gasteiger partial charge in [0, 0.05) is 30.2 Å². The van der Waals surface area contributed by atoms with E-state index in [1.165, 1.54) is 7.11 Å². The van der Waals surface area contributed by atoms with Crippen molar-refractivity contribution in [1.82, 2.24) is 9.97 Å². The van der Waals surface area contributed by atoms with Gasteiger partial charge in [-0.3, -0.25) is 9.78 Å². The van der Waals surface area contributed by atoms with Gasteiger partial charge in [-0.1, -0.05) is 0 Å². The van der Waals surface area contributed by atoms with Crippen LogP contribution in [0.15, 0.2) is 36.8 Å². The predicted molar refractivity (Wildman–Crippen MR) is 65.4 cm³/mol. The average Bonchev–Trinajstić information content (AvgIpc) is 2.39. The SMILES string of the molecule is COc1cc(CC(=O)O)c(-c2ccncc2)cn1. The fourth-order valence-electron chi connectivity index (χ4n) is 1.69. The van der Waals surface area contributed by atoms with Crippen molar-refractivity contribution >= 4 is 5.97 Å². The molecule has 0 fully saturated rings. The highest BCUT2D eigenvalue weighted by Gasteiger charge is 2.11. The molecular formula is C13H12N2O3. The van der Waals surface area contributed by atoms with Crippen molar-refractivity contribution < 1.29 is 14.6 Å². The molecule has 0 amide bonds. The minimum atomic E-state index is -0.890. The quantitative estimate of drug-likeness (QED) is 0.887. The number of pyridine rings is 2. The summed E-state index contributed by atoms with van der Waals surface area (Å²) in [7, 11) is 1.50. The Balaban J connectivity index is 2.49. The highest BCUT2D eigenvalue weighted by atomic mass is 16.5. The predicted octanol–water partition coefficient (Wildman–Crippen LogP) is 1.78. The first-order valence-corrected chi connectivity index (χ1v) is 5.36. The van der Waals surface area contributed by atoms with Crippen LogP contribution < -0.4 is 4.74 Å². The van der Waals surface area contributed by atoms with E-state index in [2.05, 4.69) is 9.97 Å². The zero-order chi connectivity index (χ0) is 13.0. The molecule has 2 rings (SSSR count). The van der Waals surface area contributed by atoms with Crippen molar-refractivity contribution in [1.29, 1.82) is 0 Å². The fraction of sp³-hybridized carbons (Fsp3) is 0.154. The summed E-state index contributed by atoms with van der Waals surface area (Å²) < 4.78 is 5.01. The Morgan fingerprint density at radius 1 is 1.39 bits per heavy atom. The molecule has 0 spiro atoms. The van der Waals surface area contributed by atoms with E-state index in [0.717, 1.165) is 11.1 Å². The minimum absolute atomic E-state index is 0.0729. The Bertz CT molecular complexity index is 555. The van der Waals surface area contributed by atoms with E-state index in [0.29, 0.717) is 11.4 Å². The fourth-order valence-corrected chi connectivity index (χ4v) is 1.69. The third kappa shape index (κ3) is 2.63. The van der Waals surface area contributed by atoms with Gasteiger partial charge in [-0.25, -0.2) is 4.98 Å². The topological polar surface area (TPSA) is 72.3 Å². The normalized spacial score (nSPS) is 10.1. The molecular weight excluding hydrogens is 232 g/mol. The van der Waals surface area contributed by atoms with Crippen molar-refractivity contribution in [2.45, 2.75) is 6.42 Å². The molecule has 0 aliphatic rings. The van der Waals surface area contributed by atoms with Crippen molar-refractivity contribution in [3.63, 3.8) is 0 Å². The number of carboxylic acid groups (broad SMARTS) is 1. The van der Waals surface area contributed by atoms with Gasteiger partial charge >= 0.3 is 5.97 Å². The van der Waals surface area contributed by atoms with Crippen LogP contribution >= 0.6 is 0 Å². The third-order valence-corrected chi connectivity index (χ3v) is 2.51. The van der Waals surface area contributed by atoms with Crippen LogP contribution in [0, 0.1) is 0 Å². The highest BCUT2D eigenvalue weighted by molar-refractivity contribution is 5.76. The van der Waals surface area contributed by atoms with Crippen LogP contribution in [0.1, 0.15) is 5.56 Å². The molecule has 2 aromatic rings. The highest BCUT2D eigenvalue weighted by Crippen LogP contribution is 2.25. The molecule has 2 heterocycles. The number of carbonyl (C=O) groups is 1. The summed E-state index contributed by atoms with van der Waals surface area (Å²) in [6.07, 6.45) is 4.86. The lowest BCUT2D eigenvalue weighted by atomic mass is 10.0. The smallest absolute Gasteiger partial charge is 0.307 e. The molecule has 0 atom stereocenters. The first-order valence-electron chi connectivity index (χ1n) is 5.36. The molecule has 0 bridgehead atoms. The van der Waals surface area contributed by atoms with Crippen LogP contribution in [-0.4, -0.2) is 28.2 Å². The maximum absolute atomic E-state index is 10.9. The summed E-state index contributed by atoms with van der Waals surface area (Å²) in [5.41, 5.74) is 2.33. The Morgan fingerprint density at radius 3 is 2.72 bits per heavy atom. The Hall–Kier alpha value is -2.43. The van der Waals surface area contributed by atoms with Crippen molar-refractivity contribution in [2.75, 3.05) is 7.11 Å². The van der Waals surface area contributed by atoms with Gasteiger partial charge in [0.25, 0.3) is 0 Å². The molecule has 2 aromatic heterocycles. The van der Waals surface area contributed by atoms with Crippen molar-refractivity contribution in [3.8, 4) is 17.0 Å². The lowest BCUT2D eigenvalue weighted by Crippen LogP contribution is -2.03. The minimum Gasteiger partial charge on any atom is -0.481 e.